The zero-order valence-corrected chi connectivity index (χ0v) is 14.5. The first-order valence-corrected chi connectivity index (χ1v) is 8.50. The number of aryl methyl sites for hydroxylation is 1. The number of hydrogen-bond donors (Lipinski definition) is 1. The first-order chi connectivity index (χ1) is 12.2. The van der Waals surface area contributed by atoms with Gasteiger partial charge in [-0.2, -0.15) is 0 Å². The van der Waals surface area contributed by atoms with Crippen molar-refractivity contribution in [3.05, 3.63) is 71.9 Å². The Morgan fingerprint density at radius 2 is 1.84 bits per heavy atom. The van der Waals surface area contributed by atoms with Gasteiger partial charge in [-0.05, 0) is 38.1 Å². The van der Waals surface area contributed by atoms with E-state index in [0.717, 1.165) is 22.3 Å². The summed E-state index contributed by atoms with van der Waals surface area (Å²) in [5.74, 6) is -0.266. The Bertz CT molecular complexity index is 859. The molecule has 0 amide bonds. The Kier molecular flexibility index (Phi) is 5.29. The van der Waals surface area contributed by atoms with Crippen molar-refractivity contribution in [1.82, 2.24) is 4.98 Å². The van der Waals surface area contributed by atoms with E-state index in [2.05, 4.69) is 10.3 Å². The molecule has 0 saturated carbocycles. The summed E-state index contributed by atoms with van der Waals surface area (Å²) in [7, 11) is 0. The van der Waals surface area contributed by atoms with Gasteiger partial charge >= 0.3 is 5.97 Å². The average Bonchev–Trinajstić information content (AvgIpc) is 2.63. The smallest absolute Gasteiger partial charge is 0.328 e. The molecule has 25 heavy (non-hydrogen) atoms. The Hall–Kier alpha value is -2.88. The van der Waals surface area contributed by atoms with Gasteiger partial charge in [0, 0.05) is 23.2 Å². The van der Waals surface area contributed by atoms with Crippen LogP contribution in [0.5, 0.6) is 0 Å². The summed E-state index contributed by atoms with van der Waals surface area (Å²) >= 11 is 0. The number of carbonyl (C=O) groups excluding carboxylic acids is 1. The first-order valence-electron chi connectivity index (χ1n) is 8.50. The molecule has 1 aromatic heterocycles. The van der Waals surface area contributed by atoms with Crippen LogP contribution in [0.3, 0.4) is 0 Å². The molecule has 0 radical (unpaired) electrons. The zero-order valence-electron chi connectivity index (χ0n) is 14.5. The third kappa shape index (κ3) is 4.35. The fourth-order valence-electron chi connectivity index (χ4n) is 2.72. The van der Waals surface area contributed by atoms with Crippen LogP contribution in [0.25, 0.3) is 10.9 Å². The molecule has 0 saturated heterocycles. The molecule has 3 rings (SSSR count). The molecule has 3 aromatic rings. The van der Waals surface area contributed by atoms with Gasteiger partial charge in [-0.15, -0.1) is 0 Å². The number of para-hydroxylation sites is 1. The average molecular weight is 334 g/mol. The van der Waals surface area contributed by atoms with E-state index in [1.165, 1.54) is 5.56 Å². The summed E-state index contributed by atoms with van der Waals surface area (Å²) in [5, 5.41) is 4.36. The molecule has 0 fully saturated rings. The molecule has 0 bridgehead atoms. The number of rotatable bonds is 6. The maximum Gasteiger partial charge on any atom is 0.328 e. The van der Waals surface area contributed by atoms with Gasteiger partial charge in [0.15, 0.2) is 0 Å². The molecule has 1 N–H and O–H groups in total. The highest BCUT2D eigenvalue weighted by atomic mass is 16.5. The highest BCUT2D eigenvalue weighted by Gasteiger charge is 2.21. The summed E-state index contributed by atoms with van der Waals surface area (Å²) < 4.78 is 5.23. The monoisotopic (exact) mass is 334 g/mol. The molecule has 0 spiro atoms. The van der Waals surface area contributed by atoms with Gasteiger partial charge in [0.1, 0.15) is 6.04 Å². The third-order valence-corrected chi connectivity index (χ3v) is 4.03. The van der Waals surface area contributed by atoms with Gasteiger partial charge in [-0.3, -0.25) is 4.98 Å². The lowest BCUT2D eigenvalue weighted by molar-refractivity contribution is -0.144. The second kappa shape index (κ2) is 7.79. The van der Waals surface area contributed by atoms with E-state index in [-0.39, 0.29) is 5.97 Å². The van der Waals surface area contributed by atoms with Crippen LogP contribution in [0.4, 0.5) is 5.69 Å². The topological polar surface area (TPSA) is 51.2 Å². The van der Waals surface area contributed by atoms with Crippen molar-refractivity contribution < 1.29 is 9.53 Å². The number of carbonyl (C=O) groups is 1. The van der Waals surface area contributed by atoms with Crippen molar-refractivity contribution in [2.45, 2.75) is 26.3 Å². The summed E-state index contributed by atoms with van der Waals surface area (Å²) in [6, 6.07) is 19.4. The minimum atomic E-state index is -0.476. The van der Waals surface area contributed by atoms with Gasteiger partial charge in [0.2, 0.25) is 0 Å². The molecule has 1 atom stereocenters. The maximum atomic E-state index is 12.4. The second-order valence-electron chi connectivity index (χ2n) is 6.01. The van der Waals surface area contributed by atoms with Gasteiger partial charge in [0.25, 0.3) is 0 Å². The van der Waals surface area contributed by atoms with Crippen molar-refractivity contribution in [2.24, 2.45) is 0 Å². The Labute approximate surface area is 147 Å². The van der Waals surface area contributed by atoms with Gasteiger partial charge < -0.3 is 10.1 Å². The number of esters is 1. The SMILES string of the molecule is CCOC(=O)C(Cc1ccc2ccccc2n1)Nc1ccc(C)cc1. The molecular weight excluding hydrogens is 312 g/mol. The van der Waals surface area contributed by atoms with Crippen LogP contribution in [0, 0.1) is 6.92 Å². The lowest BCUT2D eigenvalue weighted by Gasteiger charge is -2.18. The van der Waals surface area contributed by atoms with Crippen molar-refractivity contribution in [1.29, 1.82) is 0 Å². The highest BCUT2D eigenvalue weighted by Crippen LogP contribution is 2.16. The van der Waals surface area contributed by atoms with Crippen molar-refractivity contribution in [2.75, 3.05) is 11.9 Å². The molecule has 2 aromatic carbocycles. The quantitative estimate of drug-likeness (QED) is 0.689. The van der Waals surface area contributed by atoms with Crippen LogP contribution >= 0.6 is 0 Å². The fourth-order valence-corrected chi connectivity index (χ4v) is 2.72. The summed E-state index contributed by atoms with van der Waals surface area (Å²) in [5.41, 5.74) is 3.85. The zero-order chi connectivity index (χ0) is 17.6. The lowest BCUT2D eigenvalue weighted by atomic mass is 10.1. The van der Waals surface area contributed by atoms with Crippen molar-refractivity contribution in [3.8, 4) is 0 Å². The molecule has 0 aliphatic heterocycles. The number of benzene rings is 2. The molecule has 4 heteroatoms. The molecule has 0 aliphatic carbocycles. The second-order valence-corrected chi connectivity index (χ2v) is 6.01. The predicted molar refractivity (Wildman–Crippen MR) is 101 cm³/mol. The summed E-state index contributed by atoms with van der Waals surface area (Å²) in [4.78, 5) is 17.0. The van der Waals surface area contributed by atoms with Gasteiger partial charge in [-0.25, -0.2) is 4.79 Å². The van der Waals surface area contributed by atoms with E-state index in [0.29, 0.717) is 13.0 Å². The number of pyridine rings is 1. The van der Waals surface area contributed by atoms with Crippen LogP contribution in [0.2, 0.25) is 0 Å². The van der Waals surface area contributed by atoms with Crippen LogP contribution in [0.15, 0.2) is 60.7 Å². The summed E-state index contributed by atoms with van der Waals surface area (Å²) in [6.45, 7) is 4.21. The normalized spacial score (nSPS) is 11.9. The molecular formula is C21H22N2O2. The molecule has 1 heterocycles. The Balaban J connectivity index is 1.82. The largest absolute Gasteiger partial charge is 0.464 e. The van der Waals surface area contributed by atoms with Crippen LogP contribution in [0.1, 0.15) is 18.2 Å². The maximum absolute atomic E-state index is 12.4. The van der Waals surface area contributed by atoms with Crippen LogP contribution in [-0.4, -0.2) is 23.6 Å². The van der Waals surface area contributed by atoms with E-state index < -0.39 is 6.04 Å². The number of ether oxygens (including phenoxy) is 1. The number of nitrogens with zero attached hydrogens (tertiary/aromatic N) is 1. The number of anilines is 1. The van der Waals surface area contributed by atoms with E-state index in [4.69, 9.17) is 4.74 Å². The van der Waals surface area contributed by atoms with Crippen LogP contribution < -0.4 is 5.32 Å². The van der Waals surface area contributed by atoms with Gasteiger partial charge in [-0.1, -0.05) is 42.0 Å². The Morgan fingerprint density at radius 1 is 1.08 bits per heavy atom. The highest BCUT2D eigenvalue weighted by molar-refractivity contribution is 5.81. The lowest BCUT2D eigenvalue weighted by Crippen LogP contribution is -2.33. The fraction of sp³-hybridized carbons (Fsp3) is 0.238. The summed E-state index contributed by atoms with van der Waals surface area (Å²) in [6.07, 6.45) is 0.470. The minimum absolute atomic E-state index is 0.266. The van der Waals surface area contributed by atoms with Crippen molar-refractivity contribution >= 4 is 22.6 Å². The van der Waals surface area contributed by atoms with Crippen molar-refractivity contribution in [3.63, 3.8) is 0 Å². The third-order valence-electron chi connectivity index (χ3n) is 4.03. The standard InChI is InChI=1S/C21H22N2O2/c1-3-25-21(24)20(22-17-11-8-15(2)9-12-17)14-18-13-10-16-6-4-5-7-19(16)23-18/h4-13,20,22H,3,14H2,1-2H3. The van der Waals surface area contributed by atoms with Gasteiger partial charge in [0.05, 0.1) is 12.1 Å². The van der Waals surface area contributed by atoms with E-state index >= 15 is 0 Å². The first kappa shape index (κ1) is 17.0. The molecule has 4 nitrogen and oxygen atoms in total. The molecule has 0 aliphatic rings. The Morgan fingerprint density at radius 3 is 2.60 bits per heavy atom. The van der Waals surface area contributed by atoms with Crippen LogP contribution in [-0.2, 0) is 16.0 Å². The minimum Gasteiger partial charge on any atom is -0.464 e. The molecule has 1 unspecified atom stereocenters. The number of nitrogens with one attached hydrogen (secondary N) is 1. The van der Waals surface area contributed by atoms with E-state index in [1.807, 2.05) is 74.5 Å². The number of aromatic nitrogens is 1. The van der Waals surface area contributed by atoms with E-state index in [1.54, 1.807) is 0 Å². The number of fused-ring (bicyclic) bond motifs is 1. The van der Waals surface area contributed by atoms with E-state index in [9.17, 15) is 4.79 Å². The predicted octanol–water partition coefficient (Wildman–Crippen LogP) is 4.13. The molecule has 128 valence electrons. The number of hydrogen-bond acceptors (Lipinski definition) is 4.